The van der Waals surface area contributed by atoms with Crippen LogP contribution in [0.5, 0.6) is 0 Å². The number of thiol groups is 2. The second-order valence-corrected chi connectivity index (χ2v) is 5.81. The second-order valence-electron chi connectivity index (χ2n) is 2.39. The molecule has 0 atom stereocenters. The molecule has 0 spiro atoms. The molecule has 1 N–H and O–H groups in total. The number of thioether (sulfide) groups is 2. The predicted molar refractivity (Wildman–Crippen MR) is 76.4 cm³/mol. The van der Waals surface area contributed by atoms with Crippen LogP contribution in [0.1, 0.15) is 0 Å². The van der Waals surface area contributed by atoms with Gasteiger partial charge in [0, 0.05) is 11.5 Å². The molecule has 0 unspecified atom stereocenters. The van der Waals surface area contributed by atoms with Crippen LogP contribution in [0.15, 0.2) is 10.3 Å². The van der Waals surface area contributed by atoms with Crippen molar-refractivity contribution in [1.29, 1.82) is 0 Å². The summed E-state index contributed by atoms with van der Waals surface area (Å²) in [6.07, 6.45) is 0. The highest BCUT2D eigenvalue weighted by Gasteiger charge is 2.01. The van der Waals surface area contributed by atoms with Gasteiger partial charge in [0.05, 0.1) is 0 Å². The van der Waals surface area contributed by atoms with E-state index in [1.165, 1.54) is 0 Å². The van der Waals surface area contributed by atoms with E-state index in [9.17, 15) is 0 Å². The number of nitrogens with zero attached hydrogens (tertiary/aromatic N) is 2. The van der Waals surface area contributed by atoms with Gasteiger partial charge in [0.15, 0.2) is 10.3 Å². The van der Waals surface area contributed by atoms with E-state index in [1.807, 2.05) is 0 Å². The second kappa shape index (κ2) is 7.83. The molecule has 0 aliphatic heterocycles. The van der Waals surface area contributed by atoms with Crippen LogP contribution in [0.4, 0.5) is 0 Å². The minimum absolute atomic E-state index is 0.480. The van der Waals surface area contributed by atoms with Crippen molar-refractivity contribution in [3.63, 3.8) is 0 Å². The highest BCUT2D eigenvalue weighted by Crippen LogP contribution is 2.17. The van der Waals surface area contributed by atoms with Gasteiger partial charge in [0.1, 0.15) is 0 Å². The predicted octanol–water partition coefficient (Wildman–Crippen LogP) is 2.58. The van der Waals surface area contributed by atoms with Gasteiger partial charge in [0.25, 0.3) is 0 Å². The summed E-state index contributed by atoms with van der Waals surface area (Å²) >= 11 is 16.5. The van der Waals surface area contributed by atoms with Gasteiger partial charge >= 0.3 is 0 Å². The van der Waals surface area contributed by atoms with E-state index in [0.29, 0.717) is 4.77 Å². The Bertz CT molecular complexity index is 323. The van der Waals surface area contributed by atoms with Gasteiger partial charge in [-0.25, -0.2) is 0 Å². The van der Waals surface area contributed by atoms with Crippen molar-refractivity contribution in [1.82, 2.24) is 15.0 Å². The standard InChI is InChI=1S/C7H11N3S5/c11-1-3-14-6-8-5(13)9-7(10-6)15-4-2-12/h11-12H,1-4H2,(H,8,9,10,13). The van der Waals surface area contributed by atoms with Gasteiger partial charge in [0.2, 0.25) is 4.77 Å². The number of rotatable bonds is 6. The van der Waals surface area contributed by atoms with Crippen LogP contribution < -0.4 is 0 Å². The Labute approximate surface area is 113 Å². The molecular weight excluding hydrogens is 286 g/mol. The number of aromatic nitrogens is 3. The van der Waals surface area contributed by atoms with Gasteiger partial charge < -0.3 is 4.98 Å². The first-order chi connectivity index (χ1) is 7.26. The van der Waals surface area contributed by atoms with Crippen LogP contribution >= 0.6 is 61.0 Å². The molecular formula is C7H11N3S5. The lowest BCUT2D eigenvalue weighted by Gasteiger charge is -2.01. The minimum atomic E-state index is 0.480. The molecule has 0 aliphatic carbocycles. The summed E-state index contributed by atoms with van der Waals surface area (Å²) in [5.41, 5.74) is 0. The summed E-state index contributed by atoms with van der Waals surface area (Å²) < 4.78 is 0.480. The Morgan fingerprint density at radius 3 is 2.47 bits per heavy atom. The minimum Gasteiger partial charge on any atom is -0.310 e. The lowest BCUT2D eigenvalue weighted by molar-refractivity contribution is 0.788. The van der Waals surface area contributed by atoms with Crippen molar-refractivity contribution in [2.24, 2.45) is 0 Å². The molecule has 1 heterocycles. The van der Waals surface area contributed by atoms with Crippen molar-refractivity contribution in [2.75, 3.05) is 23.0 Å². The summed E-state index contributed by atoms with van der Waals surface area (Å²) in [5.74, 6) is 3.41. The monoisotopic (exact) mass is 297 g/mol. The molecule has 0 radical (unpaired) electrons. The Morgan fingerprint density at radius 2 is 1.80 bits per heavy atom. The first-order valence-electron chi connectivity index (χ1n) is 4.22. The number of nitrogens with one attached hydrogen (secondary N) is 1. The molecule has 0 saturated carbocycles. The molecule has 8 heteroatoms. The zero-order chi connectivity index (χ0) is 11.1. The van der Waals surface area contributed by atoms with Crippen molar-refractivity contribution >= 4 is 61.0 Å². The van der Waals surface area contributed by atoms with Crippen LogP contribution in [-0.2, 0) is 0 Å². The normalized spacial score (nSPS) is 10.5. The fourth-order valence-electron chi connectivity index (χ4n) is 0.758. The SMILES string of the molecule is S=c1nc(SCCS)nc(SCCS)[nH]1. The Kier molecular flexibility index (Phi) is 7.15. The molecule has 0 saturated heterocycles. The zero-order valence-corrected chi connectivity index (χ0v) is 12.1. The van der Waals surface area contributed by atoms with E-state index in [2.05, 4.69) is 40.2 Å². The summed E-state index contributed by atoms with van der Waals surface area (Å²) in [7, 11) is 0. The van der Waals surface area contributed by atoms with Gasteiger partial charge in [-0.2, -0.15) is 35.2 Å². The maximum Gasteiger partial charge on any atom is 0.201 e. The summed E-state index contributed by atoms with van der Waals surface area (Å²) in [4.78, 5) is 11.4. The van der Waals surface area contributed by atoms with Crippen molar-refractivity contribution in [3.8, 4) is 0 Å². The van der Waals surface area contributed by atoms with Crippen LogP contribution in [0.2, 0.25) is 0 Å². The van der Waals surface area contributed by atoms with E-state index >= 15 is 0 Å². The van der Waals surface area contributed by atoms with Gasteiger partial charge in [-0.3, -0.25) is 0 Å². The van der Waals surface area contributed by atoms with E-state index in [0.717, 1.165) is 33.3 Å². The third-order valence-electron chi connectivity index (χ3n) is 1.26. The lowest BCUT2D eigenvalue weighted by Crippen LogP contribution is -1.96. The van der Waals surface area contributed by atoms with Gasteiger partial charge in [-0.1, -0.05) is 23.5 Å². The summed E-state index contributed by atoms with van der Waals surface area (Å²) in [6.45, 7) is 0. The molecule has 3 nitrogen and oxygen atoms in total. The third kappa shape index (κ3) is 5.48. The number of hydrogen-bond acceptors (Lipinski definition) is 7. The van der Waals surface area contributed by atoms with Crippen LogP contribution in [-0.4, -0.2) is 38.0 Å². The molecule has 0 aromatic carbocycles. The van der Waals surface area contributed by atoms with E-state index < -0.39 is 0 Å². The average molecular weight is 298 g/mol. The molecule has 0 fully saturated rings. The molecule has 1 rings (SSSR count). The van der Waals surface area contributed by atoms with Gasteiger partial charge in [-0.05, 0) is 23.7 Å². The van der Waals surface area contributed by atoms with E-state index in [-0.39, 0.29) is 0 Å². The van der Waals surface area contributed by atoms with Crippen molar-refractivity contribution in [2.45, 2.75) is 10.3 Å². The molecule has 0 amide bonds. The smallest absolute Gasteiger partial charge is 0.201 e. The largest absolute Gasteiger partial charge is 0.310 e. The molecule has 1 aromatic heterocycles. The Morgan fingerprint density at radius 1 is 1.13 bits per heavy atom. The maximum absolute atomic E-state index is 5.02. The fraction of sp³-hybridized carbons (Fsp3) is 0.571. The highest BCUT2D eigenvalue weighted by molar-refractivity contribution is 8.00. The van der Waals surface area contributed by atoms with Crippen LogP contribution in [0, 0.1) is 4.77 Å². The highest BCUT2D eigenvalue weighted by atomic mass is 32.2. The van der Waals surface area contributed by atoms with Gasteiger partial charge in [-0.15, -0.1) is 0 Å². The quantitative estimate of drug-likeness (QED) is 0.428. The summed E-state index contributed by atoms with van der Waals surface area (Å²) in [5, 5.41) is 1.53. The van der Waals surface area contributed by atoms with Crippen LogP contribution in [0.25, 0.3) is 0 Å². The summed E-state index contributed by atoms with van der Waals surface area (Å²) in [6, 6.07) is 0. The maximum atomic E-state index is 5.02. The average Bonchev–Trinajstić information content (AvgIpc) is 2.23. The van der Waals surface area contributed by atoms with Crippen LogP contribution in [0.3, 0.4) is 0 Å². The van der Waals surface area contributed by atoms with E-state index in [4.69, 9.17) is 12.2 Å². The molecule has 0 aliphatic rings. The lowest BCUT2D eigenvalue weighted by atomic mass is 11.0. The fourth-order valence-corrected chi connectivity index (χ4v) is 2.86. The zero-order valence-electron chi connectivity index (χ0n) is 7.84. The molecule has 1 aromatic rings. The third-order valence-corrected chi connectivity index (χ3v) is 4.23. The molecule has 0 bridgehead atoms. The number of hydrogen-bond donors (Lipinski definition) is 3. The number of aromatic amines is 1. The topological polar surface area (TPSA) is 41.6 Å². The Balaban J connectivity index is 2.71. The first kappa shape index (κ1) is 13.7. The number of H-pyrrole nitrogens is 1. The van der Waals surface area contributed by atoms with Crippen molar-refractivity contribution < 1.29 is 0 Å². The molecule has 84 valence electrons. The first-order valence-corrected chi connectivity index (χ1v) is 7.86. The molecule has 15 heavy (non-hydrogen) atoms. The Hall–Kier alpha value is 0.630. The van der Waals surface area contributed by atoms with Crippen molar-refractivity contribution in [3.05, 3.63) is 4.77 Å². The van der Waals surface area contributed by atoms with E-state index in [1.54, 1.807) is 23.5 Å².